The molecule has 0 heterocycles. The van der Waals surface area contributed by atoms with Crippen molar-refractivity contribution in [3.63, 3.8) is 0 Å². The molecule has 3 N–H and O–H groups in total. The summed E-state index contributed by atoms with van der Waals surface area (Å²) in [7, 11) is 0. The van der Waals surface area contributed by atoms with Crippen molar-refractivity contribution in [2.75, 3.05) is 26.2 Å². The number of hydrogen-bond donors (Lipinski definition) is 3. The summed E-state index contributed by atoms with van der Waals surface area (Å²) in [6.45, 7) is 5.05. The van der Waals surface area contributed by atoms with E-state index < -0.39 is 17.9 Å². The summed E-state index contributed by atoms with van der Waals surface area (Å²) in [5, 5.41) is 27.2. The number of unbranched alkanes of at least 4 members (excludes halogenated alkanes) is 11. The highest BCUT2D eigenvalue weighted by atomic mass is 16.4. The van der Waals surface area contributed by atoms with Crippen LogP contribution < -0.4 is 0 Å². The lowest BCUT2D eigenvalue weighted by atomic mass is 10.1. The Morgan fingerprint density at radius 3 is 1.22 bits per heavy atom. The second-order valence-electron chi connectivity index (χ2n) is 10.3. The molecular weight excluding hydrogens is 458 g/mol. The summed E-state index contributed by atoms with van der Waals surface area (Å²) in [5.41, 5.74) is 0. The van der Waals surface area contributed by atoms with Crippen LogP contribution in [0, 0.1) is 0 Å². The maximum absolute atomic E-state index is 11.0. The van der Waals surface area contributed by atoms with Crippen molar-refractivity contribution in [1.29, 1.82) is 0 Å². The van der Waals surface area contributed by atoms with Crippen LogP contribution in [0.15, 0.2) is 12.2 Å². The molecular formula is C29H54NO6+. The van der Waals surface area contributed by atoms with E-state index in [0.29, 0.717) is 43.4 Å². The highest BCUT2D eigenvalue weighted by Gasteiger charge is 2.27. The van der Waals surface area contributed by atoms with E-state index in [9.17, 15) is 14.4 Å². The Bertz CT molecular complexity index is 554. The third-order valence-electron chi connectivity index (χ3n) is 6.96. The van der Waals surface area contributed by atoms with Gasteiger partial charge in [0.25, 0.3) is 0 Å². The highest BCUT2D eigenvalue weighted by Crippen LogP contribution is 2.18. The smallest absolute Gasteiger partial charge is 0.303 e. The van der Waals surface area contributed by atoms with E-state index in [0.717, 1.165) is 32.2 Å². The quantitative estimate of drug-likeness (QED) is 0.0618. The number of allylic oxidation sites excluding steroid dienone is 2. The van der Waals surface area contributed by atoms with Crippen molar-refractivity contribution in [2.24, 2.45) is 0 Å². The van der Waals surface area contributed by atoms with Crippen molar-refractivity contribution in [3.05, 3.63) is 12.2 Å². The summed E-state index contributed by atoms with van der Waals surface area (Å²) in [4.78, 5) is 33.1. The molecule has 7 heteroatoms. The van der Waals surface area contributed by atoms with Crippen molar-refractivity contribution in [3.8, 4) is 0 Å². The number of aliphatic carboxylic acids is 3. The molecule has 0 aromatic rings. The minimum absolute atomic E-state index is 0.0828. The van der Waals surface area contributed by atoms with Crippen LogP contribution in [0.4, 0.5) is 0 Å². The van der Waals surface area contributed by atoms with Crippen LogP contribution in [0.5, 0.6) is 0 Å². The topological polar surface area (TPSA) is 112 Å². The summed E-state index contributed by atoms with van der Waals surface area (Å²) in [6.07, 6.45) is 22.6. The Kier molecular flexibility index (Phi) is 22.3. The first-order chi connectivity index (χ1) is 17.3. The van der Waals surface area contributed by atoms with Gasteiger partial charge in [0.1, 0.15) is 0 Å². The first-order valence-corrected chi connectivity index (χ1v) is 14.5. The Morgan fingerprint density at radius 1 is 0.500 bits per heavy atom. The van der Waals surface area contributed by atoms with Gasteiger partial charge in [-0.1, -0.05) is 70.4 Å². The maximum atomic E-state index is 11.0. The number of nitrogens with zero attached hydrogens (tertiary/aromatic N) is 1. The standard InChI is InChI=1S/C29H53NO6/c1-2-3-4-5-6-7-8-9-10-11-12-13-14-15-16-23-30(24-17-20-27(31)32,25-18-21-28(33)34)26-19-22-29(35)36/h12-13H,2-11,14-26H2,1H3,(H2-,31,32,33,34,35,36)/p+1/b13-12+. The Labute approximate surface area is 219 Å². The Balaban J connectivity index is 4.40. The van der Waals surface area contributed by atoms with Crippen LogP contribution in [0.1, 0.15) is 129 Å². The van der Waals surface area contributed by atoms with E-state index in [1.54, 1.807) is 0 Å². The zero-order valence-electron chi connectivity index (χ0n) is 22.9. The SMILES string of the molecule is CCCCCCCCCCC/C=C/CCCC[N+](CCCC(=O)O)(CCCC(=O)O)CCCC(=O)O. The predicted octanol–water partition coefficient (Wildman–Crippen LogP) is 7.05. The van der Waals surface area contributed by atoms with Gasteiger partial charge in [0, 0.05) is 19.3 Å². The first-order valence-electron chi connectivity index (χ1n) is 14.5. The third-order valence-corrected chi connectivity index (χ3v) is 6.96. The minimum Gasteiger partial charge on any atom is -0.481 e. The van der Waals surface area contributed by atoms with E-state index in [1.807, 2.05) is 0 Å². The molecule has 7 nitrogen and oxygen atoms in total. The zero-order valence-corrected chi connectivity index (χ0v) is 22.9. The predicted molar refractivity (Wildman–Crippen MR) is 145 cm³/mol. The Morgan fingerprint density at radius 2 is 0.833 bits per heavy atom. The van der Waals surface area contributed by atoms with E-state index >= 15 is 0 Å². The number of carboxylic acids is 3. The van der Waals surface area contributed by atoms with Gasteiger partial charge >= 0.3 is 17.9 Å². The average molecular weight is 513 g/mol. The summed E-state index contributed by atoms with van der Waals surface area (Å²) in [6, 6.07) is 0. The lowest BCUT2D eigenvalue weighted by molar-refractivity contribution is -0.929. The molecule has 0 saturated heterocycles. The molecule has 0 aromatic heterocycles. The van der Waals surface area contributed by atoms with Gasteiger partial charge in [-0.05, 0) is 32.1 Å². The highest BCUT2D eigenvalue weighted by molar-refractivity contribution is 5.67. The molecule has 0 aliphatic heterocycles. The number of carbonyl (C=O) groups is 3. The molecule has 0 rings (SSSR count). The molecule has 0 unspecified atom stereocenters. The van der Waals surface area contributed by atoms with Gasteiger partial charge in [0.15, 0.2) is 0 Å². The van der Waals surface area contributed by atoms with Crippen LogP contribution in [0.3, 0.4) is 0 Å². The third kappa shape index (κ3) is 22.6. The zero-order chi connectivity index (χ0) is 26.9. The molecule has 0 saturated carbocycles. The summed E-state index contributed by atoms with van der Waals surface area (Å²) < 4.78 is 0.621. The molecule has 0 aromatic carbocycles. The van der Waals surface area contributed by atoms with Gasteiger partial charge in [0.2, 0.25) is 0 Å². The van der Waals surface area contributed by atoms with Crippen molar-refractivity contribution in [1.82, 2.24) is 0 Å². The minimum atomic E-state index is -0.832. The maximum Gasteiger partial charge on any atom is 0.303 e. The lowest BCUT2D eigenvalue weighted by Gasteiger charge is -2.39. The molecule has 0 spiro atoms. The summed E-state index contributed by atoms with van der Waals surface area (Å²) >= 11 is 0. The van der Waals surface area contributed by atoms with Crippen LogP contribution in [-0.2, 0) is 14.4 Å². The number of rotatable bonds is 27. The van der Waals surface area contributed by atoms with Gasteiger partial charge in [-0.3, -0.25) is 14.4 Å². The Hall–Kier alpha value is -1.89. The molecule has 0 bridgehead atoms. The number of quaternary nitrogens is 1. The van der Waals surface area contributed by atoms with Gasteiger partial charge in [-0.15, -0.1) is 0 Å². The van der Waals surface area contributed by atoms with Crippen LogP contribution in [0.25, 0.3) is 0 Å². The van der Waals surface area contributed by atoms with E-state index in [1.165, 1.54) is 57.8 Å². The molecule has 0 aliphatic rings. The second kappa shape index (κ2) is 23.5. The van der Waals surface area contributed by atoms with Crippen LogP contribution >= 0.6 is 0 Å². The van der Waals surface area contributed by atoms with E-state index in [4.69, 9.17) is 15.3 Å². The number of carboxylic acid groups (broad SMARTS) is 3. The summed E-state index contributed by atoms with van der Waals surface area (Å²) in [5.74, 6) is -2.50. The average Bonchev–Trinajstić information content (AvgIpc) is 2.80. The second-order valence-corrected chi connectivity index (χ2v) is 10.3. The van der Waals surface area contributed by atoms with E-state index in [-0.39, 0.29) is 19.3 Å². The van der Waals surface area contributed by atoms with Crippen molar-refractivity contribution in [2.45, 2.75) is 129 Å². The fourth-order valence-corrected chi connectivity index (χ4v) is 4.89. The molecule has 0 radical (unpaired) electrons. The normalized spacial score (nSPS) is 11.8. The van der Waals surface area contributed by atoms with Gasteiger partial charge in [-0.25, -0.2) is 0 Å². The molecule has 0 atom stereocenters. The van der Waals surface area contributed by atoms with Crippen LogP contribution in [-0.4, -0.2) is 63.9 Å². The fraction of sp³-hybridized carbons (Fsp3) is 0.828. The molecule has 0 amide bonds. The fourth-order valence-electron chi connectivity index (χ4n) is 4.89. The lowest BCUT2D eigenvalue weighted by Crippen LogP contribution is -2.51. The van der Waals surface area contributed by atoms with Crippen LogP contribution in [0.2, 0.25) is 0 Å². The van der Waals surface area contributed by atoms with Crippen molar-refractivity contribution >= 4 is 17.9 Å². The van der Waals surface area contributed by atoms with Gasteiger partial charge < -0.3 is 19.8 Å². The molecule has 36 heavy (non-hydrogen) atoms. The number of hydrogen-bond acceptors (Lipinski definition) is 3. The van der Waals surface area contributed by atoms with E-state index in [2.05, 4.69) is 19.1 Å². The van der Waals surface area contributed by atoms with Gasteiger partial charge in [0.05, 0.1) is 45.4 Å². The first kappa shape index (κ1) is 34.1. The monoisotopic (exact) mass is 512 g/mol. The molecule has 210 valence electrons. The van der Waals surface area contributed by atoms with Crippen molar-refractivity contribution < 1.29 is 34.2 Å². The largest absolute Gasteiger partial charge is 0.481 e. The molecule has 0 aliphatic carbocycles. The molecule has 0 fully saturated rings. The van der Waals surface area contributed by atoms with Gasteiger partial charge in [-0.2, -0.15) is 0 Å².